The van der Waals surface area contributed by atoms with Gasteiger partial charge in [-0.15, -0.1) is 0 Å². The van der Waals surface area contributed by atoms with Gasteiger partial charge >= 0.3 is 0 Å². The Morgan fingerprint density at radius 3 is 2.43 bits per heavy atom. The Morgan fingerprint density at radius 2 is 1.76 bits per heavy atom. The quantitative estimate of drug-likeness (QED) is 0.409. The van der Waals surface area contributed by atoms with Crippen molar-refractivity contribution in [2.75, 3.05) is 23.9 Å². The molecule has 0 bridgehead atoms. The lowest BCUT2D eigenvalue weighted by atomic mass is 10.1. The highest BCUT2D eigenvalue weighted by molar-refractivity contribution is 6.03. The van der Waals surface area contributed by atoms with Crippen molar-refractivity contribution in [2.45, 2.75) is 20.3 Å². The molecule has 1 unspecified atom stereocenters. The van der Waals surface area contributed by atoms with E-state index in [9.17, 15) is 9.59 Å². The summed E-state index contributed by atoms with van der Waals surface area (Å²) in [6.07, 6.45) is 3.69. The molecule has 37 heavy (non-hydrogen) atoms. The molecule has 2 amide bonds. The number of aryl methyl sites for hydroxylation is 2. The first-order valence-electron chi connectivity index (χ1n) is 11.8. The summed E-state index contributed by atoms with van der Waals surface area (Å²) >= 11 is 0. The van der Waals surface area contributed by atoms with Crippen LogP contribution in [-0.4, -0.2) is 45.0 Å². The molecule has 1 fully saturated rings. The van der Waals surface area contributed by atoms with Crippen molar-refractivity contribution < 1.29 is 19.1 Å². The minimum Gasteiger partial charge on any atom is -0.497 e. The first-order valence-corrected chi connectivity index (χ1v) is 11.8. The van der Waals surface area contributed by atoms with E-state index in [1.165, 1.54) is 0 Å². The van der Waals surface area contributed by atoms with E-state index in [0.717, 1.165) is 11.5 Å². The standard InChI is InChI=1S/C27H26N6O4/c1-17-29-24(32-13-12-28-18(32)2)15-25(30-17)37-23-8-4-20(5-9-23)31-27(35)19-14-26(34)33(16-19)21-6-10-22(36-3)11-7-21/h4-13,15,19H,14,16H2,1-3H3,(H,31,35). The van der Waals surface area contributed by atoms with Gasteiger partial charge < -0.3 is 19.7 Å². The first-order chi connectivity index (χ1) is 17.9. The fourth-order valence-corrected chi connectivity index (χ4v) is 4.19. The van der Waals surface area contributed by atoms with Crippen molar-refractivity contribution in [3.05, 3.63) is 78.6 Å². The summed E-state index contributed by atoms with van der Waals surface area (Å²) in [5, 5.41) is 2.90. The van der Waals surface area contributed by atoms with Crippen LogP contribution in [0.15, 0.2) is 67.0 Å². The van der Waals surface area contributed by atoms with Crippen LogP contribution in [0.25, 0.3) is 5.82 Å². The van der Waals surface area contributed by atoms with Gasteiger partial charge in [-0.25, -0.2) is 9.97 Å². The lowest BCUT2D eigenvalue weighted by Crippen LogP contribution is -2.28. The van der Waals surface area contributed by atoms with Gasteiger partial charge in [0.15, 0.2) is 0 Å². The number of imidazole rings is 1. The average molecular weight is 499 g/mol. The Balaban J connectivity index is 1.22. The predicted octanol–water partition coefficient (Wildman–Crippen LogP) is 4.07. The predicted molar refractivity (Wildman–Crippen MR) is 137 cm³/mol. The summed E-state index contributed by atoms with van der Waals surface area (Å²) < 4.78 is 13.0. The second-order valence-electron chi connectivity index (χ2n) is 8.68. The number of carbonyl (C=O) groups excluding carboxylic acids is 2. The van der Waals surface area contributed by atoms with Gasteiger partial charge in [0.2, 0.25) is 17.7 Å². The minimum atomic E-state index is -0.445. The highest BCUT2D eigenvalue weighted by atomic mass is 16.5. The summed E-state index contributed by atoms with van der Waals surface area (Å²) in [5.41, 5.74) is 1.36. The minimum absolute atomic E-state index is 0.0838. The summed E-state index contributed by atoms with van der Waals surface area (Å²) in [4.78, 5) is 40.1. The Labute approximate surface area is 213 Å². The van der Waals surface area contributed by atoms with Crippen molar-refractivity contribution in [3.8, 4) is 23.2 Å². The van der Waals surface area contributed by atoms with E-state index in [1.807, 2.05) is 29.8 Å². The number of nitrogens with one attached hydrogen (secondary N) is 1. The Kier molecular flexibility index (Phi) is 6.55. The van der Waals surface area contributed by atoms with E-state index in [4.69, 9.17) is 9.47 Å². The molecular weight excluding hydrogens is 472 g/mol. The average Bonchev–Trinajstić information content (AvgIpc) is 3.50. The third-order valence-corrected chi connectivity index (χ3v) is 6.10. The molecule has 0 saturated carbocycles. The number of rotatable bonds is 7. The molecule has 0 radical (unpaired) electrons. The Morgan fingerprint density at radius 1 is 1.03 bits per heavy atom. The molecule has 4 aromatic rings. The largest absolute Gasteiger partial charge is 0.497 e. The molecule has 2 aromatic heterocycles. The number of amides is 2. The van der Waals surface area contributed by atoms with E-state index >= 15 is 0 Å². The lowest BCUT2D eigenvalue weighted by molar-refractivity contribution is -0.122. The number of nitrogens with zero attached hydrogens (tertiary/aromatic N) is 5. The third-order valence-electron chi connectivity index (χ3n) is 6.10. The second kappa shape index (κ2) is 10.1. The molecule has 1 aliphatic rings. The first kappa shape index (κ1) is 24.0. The molecule has 10 heteroatoms. The Hall–Kier alpha value is -4.73. The van der Waals surface area contributed by atoms with Crippen LogP contribution < -0.4 is 19.7 Å². The molecule has 1 atom stereocenters. The van der Waals surface area contributed by atoms with Crippen molar-refractivity contribution in [1.82, 2.24) is 19.5 Å². The number of carbonyl (C=O) groups is 2. The van der Waals surface area contributed by atoms with E-state index in [1.54, 1.807) is 67.6 Å². The topological polar surface area (TPSA) is 111 Å². The van der Waals surface area contributed by atoms with Crippen molar-refractivity contribution in [2.24, 2.45) is 5.92 Å². The number of methoxy groups -OCH3 is 1. The van der Waals surface area contributed by atoms with Crippen molar-refractivity contribution in [1.29, 1.82) is 0 Å². The van der Waals surface area contributed by atoms with Gasteiger partial charge in [0.05, 0.1) is 13.0 Å². The second-order valence-corrected chi connectivity index (χ2v) is 8.68. The van der Waals surface area contributed by atoms with Crippen molar-refractivity contribution in [3.63, 3.8) is 0 Å². The molecule has 3 heterocycles. The van der Waals surface area contributed by atoms with Gasteiger partial charge in [-0.1, -0.05) is 0 Å². The van der Waals surface area contributed by atoms with Crippen molar-refractivity contribution >= 4 is 23.2 Å². The fourth-order valence-electron chi connectivity index (χ4n) is 4.19. The van der Waals surface area contributed by atoms with Gasteiger partial charge in [0.1, 0.15) is 29.0 Å². The maximum absolute atomic E-state index is 12.9. The molecule has 1 saturated heterocycles. The molecule has 1 aliphatic heterocycles. The number of ether oxygens (including phenoxy) is 2. The molecule has 0 spiro atoms. The van der Waals surface area contributed by atoms with Crippen LogP contribution in [0.4, 0.5) is 11.4 Å². The van der Waals surface area contributed by atoms with Crippen LogP contribution in [0.1, 0.15) is 18.1 Å². The maximum Gasteiger partial charge on any atom is 0.229 e. The van der Waals surface area contributed by atoms with Gasteiger partial charge in [-0.3, -0.25) is 14.2 Å². The zero-order valence-corrected chi connectivity index (χ0v) is 20.7. The van der Waals surface area contributed by atoms with Crippen LogP contribution in [0.2, 0.25) is 0 Å². The van der Waals surface area contributed by atoms with Crippen LogP contribution in [-0.2, 0) is 9.59 Å². The third kappa shape index (κ3) is 5.27. The highest BCUT2D eigenvalue weighted by Gasteiger charge is 2.35. The van der Waals surface area contributed by atoms with Gasteiger partial charge in [-0.2, -0.15) is 4.98 Å². The summed E-state index contributed by atoms with van der Waals surface area (Å²) in [7, 11) is 1.59. The van der Waals surface area contributed by atoms with Gasteiger partial charge in [0, 0.05) is 42.8 Å². The molecule has 2 aromatic carbocycles. The van der Waals surface area contributed by atoms with Crippen LogP contribution in [0, 0.1) is 19.8 Å². The molecule has 5 rings (SSSR count). The molecular formula is C27H26N6O4. The smallest absolute Gasteiger partial charge is 0.229 e. The summed E-state index contributed by atoms with van der Waals surface area (Å²) in [5.74, 6) is 2.97. The van der Waals surface area contributed by atoms with E-state index in [-0.39, 0.29) is 18.2 Å². The number of hydrogen-bond donors (Lipinski definition) is 1. The van der Waals surface area contributed by atoms with Crippen LogP contribution in [0.5, 0.6) is 17.4 Å². The normalized spacial score (nSPS) is 15.1. The van der Waals surface area contributed by atoms with E-state index in [2.05, 4.69) is 20.3 Å². The highest BCUT2D eigenvalue weighted by Crippen LogP contribution is 2.28. The van der Waals surface area contributed by atoms with E-state index in [0.29, 0.717) is 41.3 Å². The summed E-state index contributed by atoms with van der Waals surface area (Å²) in [6.45, 7) is 4.01. The van der Waals surface area contributed by atoms with E-state index < -0.39 is 5.92 Å². The molecule has 0 aliphatic carbocycles. The van der Waals surface area contributed by atoms with Gasteiger partial charge in [-0.05, 0) is 62.4 Å². The zero-order valence-electron chi connectivity index (χ0n) is 20.7. The number of anilines is 2. The SMILES string of the molecule is COc1ccc(N2CC(C(=O)Nc3ccc(Oc4cc(-n5ccnc5C)nc(C)n4)cc3)CC2=O)cc1. The zero-order chi connectivity index (χ0) is 25.9. The summed E-state index contributed by atoms with van der Waals surface area (Å²) in [6, 6.07) is 16.0. The maximum atomic E-state index is 12.9. The molecule has 188 valence electrons. The van der Waals surface area contributed by atoms with Gasteiger partial charge in [0.25, 0.3) is 0 Å². The number of hydrogen-bond acceptors (Lipinski definition) is 7. The monoisotopic (exact) mass is 498 g/mol. The lowest BCUT2D eigenvalue weighted by Gasteiger charge is -2.17. The number of benzene rings is 2. The fraction of sp³-hybridized carbons (Fsp3) is 0.222. The van der Waals surface area contributed by atoms with Crippen LogP contribution in [0.3, 0.4) is 0 Å². The van der Waals surface area contributed by atoms with Crippen LogP contribution >= 0.6 is 0 Å². The molecule has 1 N–H and O–H groups in total. The molecule has 10 nitrogen and oxygen atoms in total. The Bertz CT molecular complexity index is 1430. The number of aromatic nitrogens is 4.